The third-order valence-corrected chi connectivity index (χ3v) is 11.7. The molecule has 0 spiro atoms. The Morgan fingerprint density at radius 3 is 0.924 bits per heavy atom. The van der Waals surface area contributed by atoms with E-state index in [0.717, 1.165) is 33.4 Å². The minimum Gasteiger partial charge on any atom is -0.394 e. The molecule has 10 atom stereocenters. The van der Waals surface area contributed by atoms with Crippen molar-refractivity contribution in [1.82, 2.24) is 0 Å². The van der Waals surface area contributed by atoms with Crippen molar-refractivity contribution in [3.8, 4) is 0 Å². The Hall–Kier alpha value is -5.12. The summed E-state index contributed by atoms with van der Waals surface area (Å²) in [5, 5.41) is 11.0. The molecule has 0 aromatic heterocycles. The lowest BCUT2D eigenvalue weighted by molar-refractivity contribution is -0.350. The van der Waals surface area contributed by atoms with Crippen LogP contribution in [0.3, 0.4) is 0 Å². The first-order valence-corrected chi connectivity index (χ1v) is 22.6. The molecule has 1 N–H and O–H groups in total. The number of aliphatic hydroxyl groups is 1. The highest BCUT2D eigenvalue weighted by Crippen LogP contribution is 2.35. The van der Waals surface area contributed by atoms with E-state index in [1.165, 1.54) is 0 Å². The number of methoxy groups -OCH3 is 1. The molecule has 2 fully saturated rings. The van der Waals surface area contributed by atoms with E-state index in [-0.39, 0.29) is 46.2 Å². The van der Waals surface area contributed by atoms with Gasteiger partial charge in [-0.25, -0.2) is 0 Å². The molecule has 11 nitrogen and oxygen atoms in total. The van der Waals surface area contributed by atoms with Crippen LogP contribution < -0.4 is 0 Å². The van der Waals surface area contributed by atoms with Gasteiger partial charge in [0.05, 0.1) is 52.9 Å². The van der Waals surface area contributed by atoms with Crippen LogP contribution in [0.2, 0.25) is 0 Å². The largest absolute Gasteiger partial charge is 0.394 e. The number of hydrogen-bond donors (Lipinski definition) is 1. The van der Waals surface area contributed by atoms with Crippen LogP contribution in [0.4, 0.5) is 0 Å². The van der Waals surface area contributed by atoms with Crippen molar-refractivity contribution in [2.24, 2.45) is 0 Å². The van der Waals surface area contributed by atoms with Crippen LogP contribution in [0.25, 0.3) is 0 Å². The van der Waals surface area contributed by atoms with Crippen molar-refractivity contribution in [3.05, 3.63) is 215 Å². The zero-order valence-corrected chi connectivity index (χ0v) is 37.3. The van der Waals surface area contributed by atoms with Crippen LogP contribution in [0, 0.1) is 0 Å². The predicted molar refractivity (Wildman–Crippen MR) is 247 cm³/mol. The second-order valence-corrected chi connectivity index (χ2v) is 16.4. The third-order valence-electron chi connectivity index (χ3n) is 11.7. The molecule has 2 heterocycles. The van der Waals surface area contributed by atoms with E-state index in [1.54, 1.807) is 7.11 Å². The maximum Gasteiger partial charge on any atom is 0.187 e. The fourth-order valence-electron chi connectivity index (χ4n) is 8.29. The van der Waals surface area contributed by atoms with Gasteiger partial charge in [0.2, 0.25) is 0 Å². The van der Waals surface area contributed by atoms with Crippen LogP contribution in [0.5, 0.6) is 0 Å². The van der Waals surface area contributed by atoms with Gasteiger partial charge in [0.1, 0.15) is 48.8 Å². The van der Waals surface area contributed by atoms with Gasteiger partial charge in [-0.1, -0.05) is 182 Å². The van der Waals surface area contributed by atoms with Gasteiger partial charge in [-0.3, -0.25) is 0 Å². The van der Waals surface area contributed by atoms with Gasteiger partial charge in [-0.15, -0.1) is 0 Å². The first kappa shape index (κ1) is 47.4. The van der Waals surface area contributed by atoms with E-state index in [0.29, 0.717) is 6.61 Å². The summed E-state index contributed by atoms with van der Waals surface area (Å²) in [4.78, 5) is 0. The highest BCUT2D eigenvalue weighted by atomic mass is 16.7. The number of rotatable bonds is 23. The molecular formula is C55H60O11. The fraction of sp³-hybridized carbons (Fsp3) is 0.345. The molecular weight excluding hydrogens is 837 g/mol. The molecule has 0 aliphatic carbocycles. The summed E-state index contributed by atoms with van der Waals surface area (Å²) in [6, 6.07) is 59.6. The minimum absolute atomic E-state index is 0.0368. The summed E-state index contributed by atoms with van der Waals surface area (Å²) in [5.74, 6) is 0. The zero-order valence-electron chi connectivity index (χ0n) is 37.3. The van der Waals surface area contributed by atoms with Crippen LogP contribution in [-0.4, -0.2) is 86.8 Å². The standard InChI is InChI=1S/C55H60O11/c1-57-54-52(62-37-44-28-16-6-17-29-44)51(61-36-43-26-14-5-15-27-43)49(59-34-41-22-10-3-11-23-41)47(66-54)39-64-55-53(63-38-45-30-18-7-19-31-45)50(60-35-42-24-12-4-13-25-42)48(46(32-56)65-55)58-33-40-20-8-2-9-21-40/h2-31,46-56H,32-39H2,1H3/t46?,47?,48-,49-,50?,51?,52?,53?,54+,55+/m1/s1. The van der Waals surface area contributed by atoms with Crippen molar-refractivity contribution in [2.45, 2.75) is 101 Å². The Morgan fingerprint density at radius 1 is 0.333 bits per heavy atom. The van der Waals surface area contributed by atoms with Crippen LogP contribution in [0.1, 0.15) is 33.4 Å². The Bertz CT molecular complexity index is 2060. The predicted octanol–water partition coefficient (Wildman–Crippen LogP) is 8.60. The molecule has 66 heavy (non-hydrogen) atoms. The minimum atomic E-state index is -1.04. The van der Waals surface area contributed by atoms with Crippen molar-refractivity contribution >= 4 is 0 Å². The molecule has 0 bridgehead atoms. The van der Waals surface area contributed by atoms with Crippen LogP contribution in [0.15, 0.2) is 182 Å². The number of aliphatic hydroxyl groups excluding tert-OH is 1. The van der Waals surface area contributed by atoms with Gasteiger partial charge in [-0.2, -0.15) is 0 Å². The summed E-state index contributed by atoms with van der Waals surface area (Å²) < 4.78 is 67.0. The van der Waals surface area contributed by atoms with E-state index in [2.05, 4.69) is 0 Å². The Labute approximate surface area is 388 Å². The molecule has 6 aromatic carbocycles. The maximum absolute atomic E-state index is 11.0. The van der Waals surface area contributed by atoms with E-state index in [9.17, 15) is 5.11 Å². The van der Waals surface area contributed by atoms with Gasteiger partial charge in [0, 0.05) is 7.11 Å². The van der Waals surface area contributed by atoms with E-state index in [1.807, 2.05) is 182 Å². The average Bonchev–Trinajstić information content (AvgIpc) is 3.38. The first-order chi connectivity index (χ1) is 32.6. The molecule has 6 unspecified atom stereocenters. The number of benzene rings is 6. The zero-order chi connectivity index (χ0) is 45.2. The van der Waals surface area contributed by atoms with Gasteiger partial charge in [0.15, 0.2) is 12.6 Å². The van der Waals surface area contributed by atoms with Gasteiger partial charge >= 0.3 is 0 Å². The molecule has 0 amide bonds. The molecule has 6 aromatic rings. The van der Waals surface area contributed by atoms with E-state index >= 15 is 0 Å². The van der Waals surface area contributed by atoms with Gasteiger partial charge < -0.3 is 52.5 Å². The van der Waals surface area contributed by atoms with Crippen molar-refractivity contribution in [2.75, 3.05) is 20.3 Å². The maximum atomic E-state index is 11.0. The van der Waals surface area contributed by atoms with E-state index in [4.69, 9.17) is 47.4 Å². The Kier molecular flexibility index (Phi) is 18.0. The average molecular weight is 897 g/mol. The number of ether oxygens (including phenoxy) is 10. The molecule has 0 radical (unpaired) electrons. The second kappa shape index (κ2) is 25.1. The molecule has 2 aliphatic rings. The highest BCUT2D eigenvalue weighted by molar-refractivity contribution is 5.18. The highest BCUT2D eigenvalue weighted by Gasteiger charge is 2.52. The van der Waals surface area contributed by atoms with Crippen molar-refractivity contribution in [3.63, 3.8) is 0 Å². The second-order valence-electron chi connectivity index (χ2n) is 16.4. The molecule has 11 heteroatoms. The first-order valence-electron chi connectivity index (χ1n) is 22.6. The van der Waals surface area contributed by atoms with Gasteiger partial charge in [-0.05, 0) is 33.4 Å². The fourth-order valence-corrected chi connectivity index (χ4v) is 8.29. The molecule has 2 aliphatic heterocycles. The summed E-state index contributed by atoms with van der Waals surface area (Å²) in [6.07, 6.45) is -7.87. The molecule has 346 valence electrons. The lowest BCUT2D eigenvalue weighted by Gasteiger charge is -2.47. The summed E-state index contributed by atoms with van der Waals surface area (Å²) in [6.45, 7) is 1.21. The lowest BCUT2D eigenvalue weighted by atomic mass is 9.97. The summed E-state index contributed by atoms with van der Waals surface area (Å²) in [7, 11) is 1.59. The molecule has 2 saturated heterocycles. The van der Waals surface area contributed by atoms with Gasteiger partial charge in [0.25, 0.3) is 0 Å². The number of hydrogen-bond acceptors (Lipinski definition) is 11. The SMILES string of the molecule is CO[C@H]1OC(CO[C@H]2OC(CO)[C@@H](OCc3ccccc3)C(OCc3ccccc3)C2OCc2ccccc2)[C@@H](OCc2ccccc2)C(OCc2ccccc2)C1OCc1ccccc1. The normalized spacial score (nSPS) is 25.4. The van der Waals surface area contributed by atoms with Crippen molar-refractivity contribution < 1.29 is 52.5 Å². The van der Waals surface area contributed by atoms with Crippen LogP contribution in [-0.2, 0) is 87.0 Å². The third kappa shape index (κ3) is 13.3. The Balaban J connectivity index is 1.10. The lowest BCUT2D eigenvalue weighted by Crippen LogP contribution is -2.64. The van der Waals surface area contributed by atoms with Crippen LogP contribution >= 0.6 is 0 Å². The van der Waals surface area contributed by atoms with E-state index < -0.39 is 61.4 Å². The topological polar surface area (TPSA) is 113 Å². The monoisotopic (exact) mass is 896 g/mol. The molecule has 0 saturated carbocycles. The summed E-state index contributed by atoms with van der Waals surface area (Å²) >= 11 is 0. The van der Waals surface area contributed by atoms with Crippen molar-refractivity contribution in [1.29, 1.82) is 0 Å². The smallest absolute Gasteiger partial charge is 0.187 e. The quantitative estimate of drug-likeness (QED) is 0.0668. The Morgan fingerprint density at radius 2 is 0.606 bits per heavy atom. The molecule has 8 rings (SSSR count). The summed E-state index contributed by atoms with van der Waals surface area (Å²) in [5.41, 5.74) is 5.85.